The van der Waals surface area contributed by atoms with Crippen LogP contribution in [0.15, 0.2) is 0 Å². The zero-order valence-electron chi connectivity index (χ0n) is 15.6. The van der Waals surface area contributed by atoms with Gasteiger partial charge in [0.15, 0.2) is 0 Å². The van der Waals surface area contributed by atoms with Gasteiger partial charge in [-0.2, -0.15) is 0 Å². The zero-order chi connectivity index (χ0) is 18.5. The molecule has 3 atom stereocenters. The van der Waals surface area contributed by atoms with Crippen molar-refractivity contribution < 1.29 is 24.2 Å². The van der Waals surface area contributed by atoms with E-state index in [1.165, 1.54) is 7.11 Å². The summed E-state index contributed by atoms with van der Waals surface area (Å²) in [5.41, 5.74) is 5.11. The highest BCUT2D eigenvalue weighted by Crippen LogP contribution is 2.34. The van der Waals surface area contributed by atoms with Crippen molar-refractivity contribution >= 4 is 11.9 Å². The van der Waals surface area contributed by atoms with Crippen molar-refractivity contribution in [1.82, 2.24) is 0 Å². The van der Waals surface area contributed by atoms with E-state index >= 15 is 0 Å². The predicted octanol–water partition coefficient (Wildman–Crippen LogP) is 2.02. The molecule has 0 saturated heterocycles. The Balaban J connectivity index is 2.85. The maximum Gasteiger partial charge on any atom is 0.325 e. The second-order valence-corrected chi connectivity index (χ2v) is 8.04. The number of aliphatic hydroxyl groups is 1. The molecule has 0 aliphatic heterocycles. The van der Waals surface area contributed by atoms with Crippen molar-refractivity contribution in [2.75, 3.05) is 7.11 Å². The van der Waals surface area contributed by atoms with Gasteiger partial charge in [-0.3, -0.25) is 9.59 Å². The highest BCUT2D eigenvalue weighted by atomic mass is 16.6. The number of carbonyl (C=O) groups excluding carboxylic acids is 2. The third kappa shape index (κ3) is 6.40. The van der Waals surface area contributed by atoms with Gasteiger partial charge < -0.3 is 20.3 Å². The van der Waals surface area contributed by atoms with Gasteiger partial charge in [-0.15, -0.1) is 0 Å². The first-order chi connectivity index (χ1) is 11.0. The summed E-state index contributed by atoms with van der Waals surface area (Å²) in [6.45, 7) is 7.55. The summed E-state index contributed by atoms with van der Waals surface area (Å²) in [5, 5.41) is 10.5. The van der Waals surface area contributed by atoms with Crippen molar-refractivity contribution in [2.24, 2.45) is 23.5 Å². The average Bonchev–Trinajstić information content (AvgIpc) is 2.50. The fourth-order valence-electron chi connectivity index (χ4n) is 3.20. The van der Waals surface area contributed by atoms with E-state index in [2.05, 4.69) is 11.7 Å². The molecule has 1 fully saturated rings. The highest BCUT2D eigenvalue weighted by molar-refractivity contribution is 5.79. The van der Waals surface area contributed by atoms with Crippen LogP contribution in [0.2, 0.25) is 0 Å². The number of carbonyl (C=O) groups is 2. The molecule has 3 N–H and O–H groups in total. The van der Waals surface area contributed by atoms with Gasteiger partial charge in [-0.25, -0.2) is 0 Å². The smallest absolute Gasteiger partial charge is 0.325 e. The SMILES string of the molecule is COC(=O)C(N)[C@@H](O)[C@H](CC1CCC(C)CC1)C(=O)OC(C)(C)C. The number of hydrogen-bond donors (Lipinski definition) is 2. The van der Waals surface area contributed by atoms with E-state index in [4.69, 9.17) is 10.5 Å². The molecule has 1 unspecified atom stereocenters. The van der Waals surface area contributed by atoms with Gasteiger partial charge in [-0.1, -0.05) is 32.6 Å². The maximum absolute atomic E-state index is 12.6. The fraction of sp³-hybridized carbons (Fsp3) is 0.889. The van der Waals surface area contributed by atoms with Gasteiger partial charge in [0, 0.05) is 0 Å². The van der Waals surface area contributed by atoms with Crippen LogP contribution in [0.1, 0.15) is 59.8 Å². The Morgan fingerprint density at radius 3 is 2.17 bits per heavy atom. The van der Waals surface area contributed by atoms with Crippen LogP contribution in [0, 0.1) is 17.8 Å². The lowest BCUT2D eigenvalue weighted by atomic mass is 9.77. The van der Waals surface area contributed by atoms with Crippen LogP contribution in [-0.2, 0) is 19.1 Å². The molecule has 0 aromatic rings. The number of aliphatic hydroxyl groups excluding tert-OH is 1. The number of nitrogens with two attached hydrogens (primary N) is 1. The lowest BCUT2D eigenvalue weighted by molar-refractivity contribution is -0.167. The van der Waals surface area contributed by atoms with Crippen LogP contribution < -0.4 is 5.73 Å². The van der Waals surface area contributed by atoms with E-state index in [0.29, 0.717) is 18.3 Å². The minimum absolute atomic E-state index is 0.332. The van der Waals surface area contributed by atoms with Crippen molar-refractivity contribution in [2.45, 2.75) is 77.5 Å². The van der Waals surface area contributed by atoms with Crippen LogP contribution in [0.25, 0.3) is 0 Å². The van der Waals surface area contributed by atoms with Crippen LogP contribution in [0.3, 0.4) is 0 Å². The van der Waals surface area contributed by atoms with Gasteiger partial charge in [0.1, 0.15) is 11.6 Å². The Hall–Kier alpha value is -1.14. The van der Waals surface area contributed by atoms with Crippen molar-refractivity contribution in [1.29, 1.82) is 0 Å². The van der Waals surface area contributed by atoms with E-state index in [0.717, 1.165) is 25.7 Å². The predicted molar refractivity (Wildman–Crippen MR) is 91.1 cm³/mol. The van der Waals surface area contributed by atoms with E-state index in [-0.39, 0.29) is 0 Å². The molecule has 0 bridgehead atoms. The second kappa shape index (κ2) is 8.81. The van der Waals surface area contributed by atoms with Gasteiger partial charge >= 0.3 is 11.9 Å². The number of rotatable bonds is 6. The van der Waals surface area contributed by atoms with Crippen LogP contribution in [0.5, 0.6) is 0 Å². The lowest BCUT2D eigenvalue weighted by Gasteiger charge is -2.33. The number of esters is 2. The maximum atomic E-state index is 12.6. The Bertz CT molecular complexity index is 424. The van der Waals surface area contributed by atoms with E-state index < -0.39 is 35.6 Å². The molecular weight excluding hydrogens is 310 g/mol. The highest BCUT2D eigenvalue weighted by Gasteiger charge is 2.39. The molecule has 0 heterocycles. The summed E-state index contributed by atoms with van der Waals surface area (Å²) >= 11 is 0. The molecule has 1 aliphatic rings. The fourth-order valence-corrected chi connectivity index (χ4v) is 3.20. The second-order valence-electron chi connectivity index (χ2n) is 8.04. The molecule has 1 aliphatic carbocycles. The Morgan fingerprint density at radius 2 is 1.71 bits per heavy atom. The molecule has 0 aromatic heterocycles. The number of hydrogen-bond acceptors (Lipinski definition) is 6. The largest absolute Gasteiger partial charge is 0.468 e. The summed E-state index contributed by atoms with van der Waals surface area (Å²) in [6.07, 6.45) is 3.43. The number of methoxy groups -OCH3 is 1. The van der Waals surface area contributed by atoms with Crippen molar-refractivity contribution in [3.05, 3.63) is 0 Å². The molecule has 6 heteroatoms. The average molecular weight is 343 g/mol. The van der Waals surface area contributed by atoms with Crippen LogP contribution in [0.4, 0.5) is 0 Å². The van der Waals surface area contributed by atoms with E-state index in [1.807, 2.05) is 0 Å². The normalized spacial score (nSPS) is 25.5. The topological polar surface area (TPSA) is 98.9 Å². The number of ether oxygens (including phenoxy) is 2. The van der Waals surface area contributed by atoms with Crippen molar-refractivity contribution in [3.8, 4) is 0 Å². The molecule has 1 saturated carbocycles. The molecular formula is C18H33NO5. The first-order valence-corrected chi connectivity index (χ1v) is 8.79. The zero-order valence-corrected chi connectivity index (χ0v) is 15.6. The van der Waals surface area contributed by atoms with E-state index in [1.54, 1.807) is 20.8 Å². The standard InChI is InChI=1S/C18H33NO5/c1-11-6-8-12(9-7-11)10-13(16(21)24-18(2,3)4)15(20)14(19)17(22)23-5/h11-15,20H,6-10,19H2,1-5H3/t11?,12?,13-,14?,15-/m0/s1. The quantitative estimate of drug-likeness (QED) is 0.716. The minimum Gasteiger partial charge on any atom is -0.468 e. The van der Waals surface area contributed by atoms with Crippen molar-refractivity contribution in [3.63, 3.8) is 0 Å². The summed E-state index contributed by atoms with van der Waals surface area (Å²) in [4.78, 5) is 24.2. The molecule has 24 heavy (non-hydrogen) atoms. The van der Waals surface area contributed by atoms with Gasteiger partial charge in [0.2, 0.25) is 0 Å². The summed E-state index contributed by atoms with van der Waals surface area (Å²) in [7, 11) is 1.21. The third-order valence-electron chi connectivity index (χ3n) is 4.69. The first kappa shape index (κ1) is 20.9. The first-order valence-electron chi connectivity index (χ1n) is 8.79. The van der Waals surface area contributed by atoms with Gasteiger partial charge in [0.05, 0.1) is 19.1 Å². The minimum atomic E-state index is -1.31. The lowest BCUT2D eigenvalue weighted by Crippen LogP contribution is -2.50. The Kier molecular flexibility index (Phi) is 7.67. The summed E-state index contributed by atoms with van der Waals surface area (Å²) in [6, 6.07) is -1.25. The summed E-state index contributed by atoms with van der Waals surface area (Å²) in [5.74, 6) is -1.03. The molecule has 1 rings (SSSR count). The molecule has 140 valence electrons. The molecule has 0 radical (unpaired) electrons. The Labute approximate surface area is 145 Å². The Morgan fingerprint density at radius 1 is 1.17 bits per heavy atom. The third-order valence-corrected chi connectivity index (χ3v) is 4.69. The molecule has 0 amide bonds. The van der Waals surface area contributed by atoms with Crippen LogP contribution in [-0.4, -0.2) is 41.9 Å². The monoisotopic (exact) mass is 343 g/mol. The van der Waals surface area contributed by atoms with Gasteiger partial charge in [-0.05, 0) is 39.0 Å². The van der Waals surface area contributed by atoms with E-state index in [9.17, 15) is 14.7 Å². The van der Waals surface area contributed by atoms with Gasteiger partial charge in [0.25, 0.3) is 0 Å². The summed E-state index contributed by atoms with van der Waals surface area (Å²) < 4.78 is 10.0. The molecule has 6 nitrogen and oxygen atoms in total. The molecule has 0 aromatic carbocycles. The molecule has 0 spiro atoms. The van der Waals surface area contributed by atoms with Crippen LogP contribution >= 0.6 is 0 Å².